The van der Waals surface area contributed by atoms with E-state index in [1.54, 1.807) is 0 Å². The molecule has 1 aliphatic rings. The molecule has 2 atom stereocenters. The normalized spacial score (nSPS) is 23.6. The molecule has 1 heteroatoms. The zero-order chi connectivity index (χ0) is 14.2. The zero-order valence-corrected chi connectivity index (χ0v) is 13.0. The fourth-order valence-corrected chi connectivity index (χ4v) is 3.19. The molecule has 2 unspecified atom stereocenters. The van der Waals surface area contributed by atoms with E-state index in [9.17, 15) is 5.11 Å². The number of aliphatic hydroxyl groups excluding tert-OH is 1. The summed E-state index contributed by atoms with van der Waals surface area (Å²) in [5, 5.41) is 10.5. The molecule has 0 fully saturated rings. The lowest BCUT2D eigenvalue weighted by atomic mass is 9.85. The Morgan fingerprint density at radius 2 is 1.79 bits per heavy atom. The number of benzene rings is 1. The summed E-state index contributed by atoms with van der Waals surface area (Å²) < 4.78 is 0. The second kappa shape index (κ2) is 5.66. The molecule has 0 bridgehead atoms. The minimum Gasteiger partial charge on any atom is -0.388 e. The van der Waals surface area contributed by atoms with Crippen molar-refractivity contribution >= 4 is 0 Å². The standard InChI is InChI=1S/C18H28O/c1-11(2)14-9-16(12(3)4)15-7-6-13(5)8-18(19)17(15)10-14/h9-13,18-19H,6-8H2,1-5H3. The van der Waals surface area contributed by atoms with Crippen LogP contribution in [0.2, 0.25) is 0 Å². The summed E-state index contributed by atoms with van der Waals surface area (Å²) in [6, 6.07) is 4.63. The molecular formula is C18H28O. The van der Waals surface area contributed by atoms with Crippen LogP contribution in [-0.2, 0) is 6.42 Å². The molecule has 1 aromatic rings. The lowest BCUT2D eigenvalue weighted by Gasteiger charge is -2.21. The van der Waals surface area contributed by atoms with Crippen molar-refractivity contribution in [1.82, 2.24) is 0 Å². The van der Waals surface area contributed by atoms with Crippen molar-refractivity contribution < 1.29 is 5.11 Å². The van der Waals surface area contributed by atoms with Gasteiger partial charge in [0.15, 0.2) is 0 Å². The van der Waals surface area contributed by atoms with Crippen molar-refractivity contribution in [3.05, 3.63) is 34.4 Å². The maximum absolute atomic E-state index is 10.5. The molecule has 106 valence electrons. The third-order valence-electron chi connectivity index (χ3n) is 4.50. The number of fused-ring (bicyclic) bond motifs is 1. The average molecular weight is 260 g/mol. The maximum atomic E-state index is 10.5. The second-order valence-corrected chi connectivity index (χ2v) is 6.88. The van der Waals surface area contributed by atoms with Crippen molar-refractivity contribution in [3.8, 4) is 0 Å². The number of hydrogen-bond donors (Lipinski definition) is 1. The molecule has 0 radical (unpaired) electrons. The molecule has 0 saturated carbocycles. The summed E-state index contributed by atoms with van der Waals surface area (Å²) in [7, 11) is 0. The highest BCUT2D eigenvalue weighted by Gasteiger charge is 2.24. The molecule has 1 nitrogen and oxygen atoms in total. The first-order valence-corrected chi connectivity index (χ1v) is 7.74. The summed E-state index contributed by atoms with van der Waals surface area (Å²) in [4.78, 5) is 0. The monoisotopic (exact) mass is 260 g/mol. The van der Waals surface area contributed by atoms with E-state index in [1.807, 2.05) is 0 Å². The Kier molecular flexibility index (Phi) is 4.35. The van der Waals surface area contributed by atoms with E-state index < -0.39 is 0 Å². The molecule has 0 aromatic heterocycles. The molecule has 0 amide bonds. The van der Waals surface area contributed by atoms with Gasteiger partial charge in [-0.25, -0.2) is 0 Å². The summed E-state index contributed by atoms with van der Waals surface area (Å²) in [5.74, 6) is 1.67. The van der Waals surface area contributed by atoms with E-state index in [0.717, 1.165) is 12.8 Å². The Bertz CT molecular complexity index is 445. The molecule has 1 N–H and O–H groups in total. The number of rotatable bonds is 2. The quantitative estimate of drug-likeness (QED) is 0.747. The molecule has 0 saturated heterocycles. The SMILES string of the molecule is CC1CCc2c(C(C)C)cc(C(C)C)cc2C(O)C1. The van der Waals surface area contributed by atoms with Gasteiger partial charge in [-0.3, -0.25) is 0 Å². The van der Waals surface area contributed by atoms with E-state index in [0.29, 0.717) is 17.8 Å². The number of hydrogen-bond acceptors (Lipinski definition) is 1. The molecule has 0 aliphatic heterocycles. The Morgan fingerprint density at radius 1 is 1.11 bits per heavy atom. The van der Waals surface area contributed by atoms with Crippen LogP contribution >= 0.6 is 0 Å². The smallest absolute Gasteiger partial charge is 0.0795 e. The van der Waals surface area contributed by atoms with Gasteiger partial charge in [0.25, 0.3) is 0 Å². The van der Waals surface area contributed by atoms with Gasteiger partial charge in [-0.1, -0.05) is 46.8 Å². The van der Waals surface area contributed by atoms with Crippen molar-refractivity contribution in [3.63, 3.8) is 0 Å². The van der Waals surface area contributed by atoms with E-state index in [-0.39, 0.29) is 6.10 Å². The van der Waals surface area contributed by atoms with Gasteiger partial charge >= 0.3 is 0 Å². The van der Waals surface area contributed by atoms with E-state index in [4.69, 9.17) is 0 Å². The Morgan fingerprint density at radius 3 is 2.37 bits per heavy atom. The lowest BCUT2D eigenvalue weighted by molar-refractivity contribution is 0.150. The predicted molar refractivity (Wildman–Crippen MR) is 81.7 cm³/mol. The van der Waals surface area contributed by atoms with Crippen molar-refractivity contribution in [2.45, 2.75) is 71.8 Å². The lowest BCUT2D eigenvalue weighted by Crippen LogP contribution is -2.07. The van der Waals surface area contributed by atoms with Crippen LogP contribution < -0.4 is 0 Å². The number of aliphatic hydroxyl groups is 1. The highest BCUT2D eigenvalue weighted by Crippen LogP contribution is 2.37. The van der Waals surface area contributed by atoms with Crippen LogP contribution in [0.3, 0.4) is 0 Å². The molecule has 0 spiro atoms. The average Bonchev–Trinajstić information content (AvgIpc) is 2.47. The van der Waals surface area contributed by atoms with Gasteiger partial charge in [-0.15, -0.1) is 0 Å². The summed E-state index contributed by atoms with van der Waals surface area (Å²) in [6.45, 7) is 11.3. The fourth-order valence-electron chi connectivity index (χ4n) is 3.19. The summed E-state index contributed by atoms with van der Waals surface area (Å²) in [6.07, 6.45) is 2.96. The van der Waals surface area contributed by atoms with Crippen LogP contribution in [0, 0.1) is 5.92 Å². The van der Waals surface area contributed by atoms with Gasteiger partial charge < -0.3 is 5.11 Å². The minimum absolute atomic E-state index is 0.274. The van der Waals surface area contributed by atoms with Gasteiger partial charge in [-0.2, -0.15) is 0 Å². The van der Waals surface area contributed by atoms with Crippen LogP contribution in [0.5, 0.6) is 0 Å². The summed E-state index contributed by atoms with van der Waals surface area (Å²) >= 11 is 0. The first kappa shape index (κ1) is 14.6. The van der Waals surface area contributed by atoms with Crippen LogP contribution in [0.4, 0.5) is 0 Å². The van der Waals surface area contributed by atoms with Crippen molar-refractivity contribution in [2.24, 2.45) is 5.92 Å². The van der Waals surface area contributed by atoms with Crippen LogP contribution in [0.15, 0.2) is 12.1 Å². The third kappa shape index (κ3) is 3.02. The Labute approximate surface area is 118 Å². The van der Waals surface area contributed by atoms with Crippen molar-refractivity contribution in [1.29, 1.82) is 0 Å². The molecule has 1 aromatic carbocycles. The maximum Gasteiger partial charge on any atom is 0.0795 e. The minimum atomic E-state index is -0.274. The zero-order valence-electron chi connectivity index (χ0n) is 13.0. The Hall–Kier alpha value is -0.820. The third-order valence-corrected chi connectivity index (χ3v) is 4.50. The van der Waals surface area contributed by atoms with Gasteiger partial charge in [0.05, 0.1) is 6.10 Å². The van der Waals surface area contributed by atoms with Gasteiger partial charge in [0.1, 0.15) is 0 Å². The van der Waals surface area contributed by atoms with Gasteiger partial charge in [0, 0.05) is 0 Å². The first-order valence-electron chi connectivity index (χ1n) is 7.74. The molecule has 2 rings (SSSR count). The fraction of sp³-hybridized carbons (Fsp3) is 0.667. The highest BCUT2D eigenvalue weighted by atomic mass is 16.3. The van der Waals surface area contributed by atoms with E-state index >= 15 is 0 Å². The highest BCUT2D eigenvalue weighted by molar-refractivity contribution is 5.44. The van der Waals surface area contributed by atoms with Crippen LogP contribution in [0.1, 0.15) is 87.7 Å². The predicted octanol–water partition coefficient (Wildman–Crippen LogP) is 4.94. The second-order valence-electron chi connectivity index (χ2n) is 6.88. The van der Waals surface area contributed by atoms with Gasteiger partial charge in [0.2, 0.25) is 0 Å². The molecule has 1 aliphatic carbocycles. The largest absolute Gasteiger partial charge is 0.388 e. The van der Waals surface area contributed by atoms with Crippen molar-refractivity contribution in [2.75, 3.05) is 0 Å². The first-order chi connectivity index (χ1) is 8.90. The topological polar surface area (TPSA) is 20.2 Å². The van der Waals surface area contributed by atoms with E-state index in [1.165, 1.54) is 28.7 Å². The molecular weight excluding hydrogens is 232 g/mol. The van der Waals surface area contributed by atoms with E-state index in [2.05, 4.69) is 46.8 Å². The van der Waals surface area contributed by atoms with Crippen LogP contribution in [0.25, 0.3) is 0 Å². The Balaban J connectivity index is 2.57. The van der Waals surface area contributed by atoms with Crippen LogP contribution in [-0.4, -0.2) is 5.11 Å². The summed E-state index contributed by atoms with van der Waals surface area (Å²) in [5.41, 5.74) is 5.46. The van der Waals surface area contributed by atoms with Gasteiger partial charge in [-0.05, 0) is 59.3 Å². The molecule has 19 heavy (non-hydrogen) atoms. The molecule has 0 heterocycles.